The lowest BCUT2D eigenvalue weighted by Crippen LogP contribution is -2.50. The van der Waals surface area contributed by atoms with E-state index in [2.05, 4.69) is 15.1 Å². The summed E-state index contributed by atoms with van der Waals surface area (Å²) in [5.74, 6) is -0.701. The van der Waals surface area contributed by atoms with Crippen LogP contribution in [0.1, 0.15) is 28.8 Å². The Morgan fingerprint density at radius 2 is 1.59 bits per heavy atom. The van der Waals surface area contributed by atoms with E-state index in [0.717, 1.165) is 44.7 Å². The molecular formula is C27H33F3N4O4S. The van der Waals surface area contributed by atoms with Crippen LogP contribution in [0.2, 0.25) is 0 Å². The molecule has 2 aromatic rings. The summed E-state index contributed by atoms with van der Waals surface area (Å²) in [6.45, 7) is 5.24. The fraction of sp³-hybridized carbons (Fsp3) is 0.481. The van der Waals surface area contributed by atoms with Crippen LogP contribution >= 0.6 is 0 Å². The number of carbonyl (C=O) groups is 2. The van der Waals surface area contributed by atoms with Gasteiger partial charge in [-0.15, -0.1) is 0 Å². The lowest BCUT2D eigenvalue weighted by molar-refractivity contribution is -0.137. The monoisotopic (exact) mass is 566 g/mol. The van der Waals surface area contributed by atoms with Gasteiger partial charge in [0.1, 0.15) is 0 Å². The van der Waals surface area contributed by atoms with E-state index in [9.17, 15) is 31.2 Å². The van der Waals surface area contributed by atoms with Gasteiger partial charge in [-0.3, -0.25) is 14.5 Å². The van der Waals surface area contributed by atoms with Crippen LogP contribution in [-0.4, -0.2) is 93.1 Å². The van der Waals surface area contributed by atoms with E-state index in [1.165, 1.54) is 16.4 Å². The number of nitrogens with one attached hydrogen (secondary N) is 1. The molecule has 0 spiro atoms. The summed E-state index contributed by atoms with van der Waals surface area (Å²) in [6.07, 6.45) is -3.39. The first-order valence-corrected chi connectivity index (χ1v) is 14.4. The molecule has 1 N–H and O–H groups in total. The highest BCUT2D eigenvalue weighted by molar-refractivity contribution is 7.89. The average Bonchev–Trinajstić information content (AvgIpc) is 3.38. The molecule has 1 amide bonds. The second-order valence-corrected chi connectivity index (χ2v) is 12.0. The predicted molar refractivity (Wildman–Crippen MR) is 140 cm³/mol. The van der Waals surface area contributed by atoms with Gasteiger partial charge >= 0.3 is 6.18 Å². The van der Waals surface area contributed by atoms with E-state index >= 15 is 0 Å². The third-order valence-electron chi connectivity index (χ3n) is 7.23. The molecule has 0 unspecified atom stereocenters. The zero-order valence-corrected chi connectivity index (χ0v) is 22.4. The number of amides is 1. The van der Waals surface area contributed by atoms with Crippen LogP contribution in [0.4, 0.5) is 13.2 Å². The molecule has 0 saturated carbocycles. The molecule has 2 heterocycles. The maximum atomic E-state index is 12.9. The average molecular weight is 567 g/mol. The van der Waals surface area contributed by atoms with Gasteiger partial charge in [0, 0.05) is 57.8 Å². The summed E-state index contributed by atoms with van der Waals surface area (Å²) in [6, 6.07) is 12.6. The molecule has 12 heteroatoms. The number of likely N-dealkylation sites (tertiary alicyclic amines) is 1. The van der Waals surface area contributed by atoms with Crippen LogP contribution < -0.4 is 5.32 Å². The fourth-order valence-corrected chi connectivity index (χ4v) is 6.46. The maximum absolute atomic E-state index is 12.9. The summed E-state index contributed by atoms with van der Waals surface area (Å²) in [5.41, 5.74) is -1.05. The van der Waals surface area contributed by atoms with Gasteiger partial charge < -0.3 is 10.2 Å². The summed E-state index contributed by atoms with van der Waals surface area (Å²) in [4.78, 5) is 29.5. The zero-order chi connectivity index (χ0) is 28.0. The van der Waals surface area contributed by atoms with Crippen molar-refractivity contribution in [3.05, 3.63) is 65.7 Å². The molecule has 0 aromatic heterocycles. The first-order chi connectivity index (χ1) is 18.5. The molecule has 212 valence electrons. The molecule has 1 atom stereocenters. The van der Waals surface area contributed by atoms with Crippen molar-refractivity contribution in [1.29, 1.82) is 0 Å². The smallest absolute Gasteiger partial charge is 0.345 e. The first kappa shape index (κ1) is 29.2. The summed E-state index contributed by atoms with van der Waals surface area (Å²) in [5, 5.41) is 2.43. The Morgan fingerprint density at radius 3 is 2.28 bits per heavy atom. The second kappa shape index (κ2) is 12.6. The van der Waals surface area contributed by atoms with Crippen LogP contribution in [0.15, 0.2) is 59.5 Å². The highest BCUT2D eigenvalue weighted by Crippen LogP contribution is 2.29. The Bertz CT molecular complexity index is 1250. The molecule has 2 aliphatic rings. The minimum atomic E-state index is -4.54. The third-order valence-corrected chi connectivity index (χ3v) is 9.14. The van der Waals surface area contributed by atoms with Crippen molar-refractivity contribution >= 4 is 21.7 Å². The fourth-order valence-electron chi connectivity index (χ4n) is 5.01. The van der Waals surface area contributed by atoms with Crippen molar-refractivity contribution < 1.29 is 31.2 Å². The van der Waals surface area contributed by atoms with Gasteiger partial charge in [0.15, 0.2) is 5.78 Å². The van der Waals surface area contributed by atoms with Gasteiger partial charge in [0.05, 0.1) is 17.0 Å². The summed E-state index contributed by atoms with van der Waals surface area (Å²) >= 11 is 0. The Balaban J connectivity index is 1.14. The van der Waals surface area contributed by atoms with E-state index in [1.54, 1.807) is 30.3 Å². The van der Waals surface area contributed by atoms with Crippen molar-refractivity contribution in [2.24, 2.45) is 5.92 Å². The number of ketones is 1. The number of hydrogen-bond acceptors (Lipinski definition) is 6. The number of Topliss-reactive ketones (excluding diaryl/α,β-unsaturated/α-hetero) is 1. The maximum Gasteiger partial charge on any atom is 0.416 e. The normalized spacial score (nSPS) is 19.7. The first-order valence-electron chi connectivity index (χ1n) is 13.0. The van der Waals surface area contributed by atoms with Gasteiger partial charge in [-0.05, 0) is 49.2 Å². The molecule has 0 bridgehead atoms. The molecule has 8 nitrogen and oxygen atoms in total. The Morgan fingerprint density at radius 1 is 0.897 bits per heavy atom. The lowest BCUT2D eigenvalue weighted by atomic mass is 10.0. The number of benzene rings is 2. The van der Waals surface area contributed by atoms with Crippen molar-refractivity contribution in [3.63, 3.8) is 0 Å². The van der Waals surface area contributed by atoms with Gasteiger partial charge in [0.2, 0.25) is 10.0 Å². The quantitative estimate of drug-likeness (QED) is 0.476. The molecule has 2 aliphatic heterocycles. The molecule has 0 radical (unpaired) electrons. The van der Waals surface area contributed by atoms with Crippen molar-refractivity contribution in [3.8, 4) is 0 Å². The number of nitrogens with zero attached hydrogens (tertiary/aromatic N) is 3. The SMILES string of the molecule is O=C(CNC(=O)c1cccc(C(F)(F)F)c1)C[C@@H]1CCN(CCN2CCN(S(=O)(=O)c3ccccc3)CC2)C1. The molecular weight excluding hydrogens is 533 g/mol. The minimum Gasteiger partial charge on any atom is -0.345 e. The zero-order valence-electron chi connectivity index (χ0n) is 21.6. The van der Waals surface area contributed by atoms with E-state index < -0.39 is 27.7 Å². The van der Waals surface area contributed by atoms with Crippen LogP contribution in [0.25, 0.3) is 0 Å². The molecule has 39 heavy (non-hydrogen) atoms. The van der Waals surface area contributed by atoms with Crippen molar-refractivity contribution in [1.82, 2.24) is 19.4 Å². The largest absolute Gasteiger partial charge is 0.416 e. The number of carbonyl (C=O) groups excluding carboxylic acids is 2. The molecule has 4 rings (SSSR count). The van der Waals surface area contributed by atoms with Crippen molar-refractivity contribution in [2.75, 3.05) is 58.9 Å². The summed E-state index contributed by atoms with van der Waals surface area (Å²) in [7, 11) is -3.48. The van der Waals surface area contributed by atoms with Crippen LogP contribution in [0, 0.1) is 5.92 Å². The number of halogens is 3. The van der Waals surface area contributed by atoms with E-state index in [1.807, 2.05) is 0 Å². The van der Waals surface area contributed by atoms with E-state index in [0.29, 0.717) is 37.5 Å². The topological polar surface area (TPSA) is 90.0 Å². The highest BCUT2D eigenvalue weighted by atomic mass is 32.2. The number of alkyl halides is 3. The number of hydrogen-bond donors (Lipinski definition) is 1. The predicted octanol–water partition coefficient (Wildman–Crippen LogP) is 2.72. The minimum absolute atomic E-state index is 0.136. The third kappa shape index (κ3) is 7.87. The van der Waals surface area contributed by atoms with Crippen LogP contribution in [0.3, 0.4) is 0 Å². The van der Waals surface area contributed by atoms with Gasteiger partial charge in [-0.25, -0.2) is 8.42 Å². The molecule has 2 saturated heterocycles. The Kier molecular flexibility index (Phi) is 9.42. The standard InChI is InChI=1S/C27H33F3N4O4S/c28-27(29,30)23-6-4-5-22(18-23)26(36)31-19-24(35)17-21-9-10-33(20-21)12-11-32-13-15-34(16-14-32)39(37,38)25-7-2-1-3-8-25/h1-8,18,21H,9-17,19-20H2,(H,31,36)/t21-/m0/s1. The van der Waals surface area contributed by atoms with E-state index in [-0.39, 0.29) is 23.8 Å². The second-order valence-electron chi connectivity index (χ2n) is 10.0. The lowest BCUT2D eigenvalue weighted by Gasteiger charge is -2.34. The number of rotatable bonds is 10. The highest BCUT2D eigenvalue weighted by Gasteiger charge is 2.31. The van der Waals surface area contributed by atoms with Gasteiger partial charge in [0.25, 0.3) is 5.91 Å². The van der Waals surface area contributed by atoms with E-state index in [4.69, 9.17) is 0 Å². The van der Waals surface area contributed by atoms with Gasteiger partial charge in [-0.1, -0.05) is 24.3 Å². The number of piperazine rings is 1. The molecule has 2 fully saturated rings. The molecule has 0 aliphatic carbocycles. The number of sulfonamides is 1. The Hall–Kier alpha value is -2.80. The van der Waals surface area contributed by atoms with Crippen molar-refractivity contribution in [2.45, 2.75) is 23.9 Å². The van der Waals surface area contributed by atoms with Crippen LogP contribution in [-0.2, 0) is 21.0 Å². The van der Waals surface area contributed by atoms with Gasteiger partial charge in [-0.2, -0.15) is 17.5 Å². The Labute approximate surface area is 226 Å². The van der Waals surface area contributed by atoms with Crippen LogP contribution in [0.5, 0.6) is 0 Å². The molecule has 2 aromatic carbocycles. The summed E-state index contributed by atoms with van der Waals surface area (Å²) < 4.78 is 65.7.